The van der Waals surface area contributed by atoms with Crippen molar-refractivity contribution < 1.29 is 27.6 Å². The summed E-state index contributed by atoms with van der Waals surface area (Å²) in [5.41, 5.74) is 0. The van der Waals surface area contributed by atoms with Gasteiger partial charge in [0, 0.05) is 0 Å². The summed E-state index contributed by atoms with van der Waals surface area (Å²) < 4.78 is 38.5. The van der Waals surface area contributed by atoms with Crippen molar-refractivity contribution >= 4 is 7.82 Å². The molecule has 2 saturated heterocycles. The van der Waals surface area contributed by atoms with Crippen LogP contribution in [0.4, 0.5) is 0 Å². The number of para-hydroxylation sites is 1. The standard InChI is InChI=1S/C11H13O6P/c12-18(16-9-4-2-1-3-5-9)15-7-10-11(17-18)6-13-8-14-10/h1-5,10-11H,6-8H2. The number of hydrogen-bond donors (Lipinski definition) is 0. The Morgan fingerprint density at radius 3 is 2.83 bits per heavy atom. The molecular weight excluding hydrogens is 259 g/mol. The van der Waals surface area contributed by atoms with Gasteiger partial charge in [0.25, 0.3) is 0 Å². The number of phosphoric ester groups is 1. The largest absolute Gasteiger partial charge is 0.530 e. The molecule has 2 aliphatic rings. The van der Waals surface area contributed by atoms with Gasteiger partial charge in [-0.15, -0.1) is 0 Å². The molecule has 0 aliphatic carbocycles. The molecule has 0 saturated carbocycles. The fourth-order valence-corrected chi connectivity index (χ4v) is 3.18. The lowest BCUT2D eigenvalue weighted by Crippen LogP contribution is -2.46. The van der Waals surface area contributed by atoms with Crippen LogP contribution in [0.2, 0.25) is 0 Å². The van der Waals surface area contributed by atoms with Crippen molar-refractivity contribution in [3.63, 3.8) is 0 Å². The molecule has 1 aromatic rings. The third-order valence-corrected chi connectivity index (χ3v) is 4.11. The normalized spacial score (nSPS) is 35.8. The van der Waals surface area contributed by atoms with Gasteiger partial charge >= 0.3 is 7.82 Å². The summed E-state index contributed by atoms with van der Waals surface area (Å²) in [7, 11) is -3.58. The van der Waals surface area contributed by atoms with Crippen LogP contribution in [0.25, 0.3) is 0 Å². The van der Waals surface area contributed by atoms with E-state index in [1.807, 2.05) is 6.07 Å². The van der Waals surface area contributed by atoms with Gasteiger partial charge in [-0.25, -0.2) is 4.57 Å². The lowest BCUT2D eigenvalue weighted by atomic mass is 10.2. The third-order valence-electron chi connectivity index (χ3n) is 2.68. The highest BCUT2D eigenvalue weighted by Gasteiger charge is 2.44. The molecule has 0 aromatic heterocycles. The van der Waals surface area contributed by atoms with E-state index in [2.05, 4.69) is 0 Å². The second-order valence-corrected chi connectivity index (χ2v) is 5.53. The Labute approximate surface area is 104 Å². The van der Waals surface area contributed by atoms with Crippen LogP contribution >= 0.6 is 7.82 Å². The van der Waals surface area contributed by atoms with Gasteiger partial charge in [-0.2, -0.15) is 0 Å². The fourth-order valence-electron chi connectivity index (χ4n) is 1.79. The molecule has 98 valence electrons. The molecule has 2 fully saturated rings. The highest BCUT2D eigenvalue weighted by molar-refractivity contribution is 7.49. The molecule has 0 bridgehead atoms. The minimum Gasteiger partial charge on any atom is -0.404 e. The van der Waals surface area contributed by atoms with Crippen molar-refractivity contribution in [2.45, 2.75) is 12.2 Å². The second kappa shape index (κ2) is 4.99. The first-order chi connectivity index (χ1) is 8.75. The van der Waals surface area contributed by atoms with Gasteiger partial charge in [0.2, 0.25) is 0 Å². The predicted octanol–water partition coefficient (Wildman–Crippen LogP) is 1.96. The maximum absolute atomic E-state index is 12.3. The molecule has 0 amide bonds. The first-order valence-electron chi connectivity index (χ1n) is 5.62. The Morgan fingerprint density at radius 1 is 1.17 bits per heavy atom. The molecule has 2 heterocycles. The van der Waals surface area contributed by atoms with Gasteiger partial charge in [0.05, 0.1) is 13.2 Å². The maximum atomic E-state index is 12.3. The van der Waals surface area contributed by atoms with Crippen LogP contribution in [0, 0.1) is 0 Å². The van der Waals surface area contributed by atoms with E-state index in [9.17, 15) is 4.57 Å². The van der Waals surface area contributed by atoms with Crippen LogP contribution in [-0.4, -0.2) is 32.2 Å². The van der Waals surface area contributed by atoms with Crippen molar-refractivity contribution in [1.29, 1.82) is 0 Å². The van der Waals surface area contributed by atoms with E-state index < -0.39 is 13.9 Å². The Morgan fingerprint density at radius 2 is 2.00 bits per heavy atom. The summed E-state index contributed by atoms with van der Waals surface area (Å²) in [6.07, 6.45) is -0.665. The molecule has 18 heavy (non-hydrogen) atoms. The van der Waals surface area contributed by atoms with E-state index in [0.29, 0.717) is 12.4 Å². The molecule has 3 rings (SSSR count). The lowest BCUT2D eigenvalue weighted by Gasteiger charge is -2.37. The summed E-state index contributed by atoms with van der Waals surface area (Å²) in [6.45, 7) is 0.714. The van der Waals surface area contributed by atoms with E-state index in [1.165, 1.54) is 0 Å². The van der Waals surface area contributed by atoms with Gasteiger partial charge in [-0.1, -0.05) is 18.2 Å². The van der Waals surface area contributed by atoms with E-state index in [4.69, 9.17) is 23.0 Å². The summed E-state index contributed by atoms with van der Waals surface area (Å²) >= 11 is 0. The van der Waals surface area contributed by atoms with Crippen molar-refractivity contribution in [2.75, 3.05) is 20.0 Å². The molecule has 3 atom stereocenters. The Kier molecular flexibility index (Phi) is 3.37. The molecule has 0 radical (unpaired) electrons. The molecule has 6 nitrogen and oxygen atoms in total. The quantitative estimate of drug-likeness (QED) is 0.767. The zero-order valence-electron chi connectivity index (χ0n) is 9.56. The first kappa shape index (κ1) is 12.1. The zero-order chi connectivity index (χ0) is 12.4. The molecule has 0 spiro atoms. The molecule has 7 heteroatoms. The Balaban J connectivity index is 1.70. The van der Waals surface area contributed by atoms with Crippen LogP contribution in [0.3, 0.4) is 0 Å². The molecule has 2 aliphatic heterocycles. The number of fused-ring (bicyclic) bond motifs is 1. The number of hydrogen-bond acceptors (Lipinski definition) is 6. The summed E-state index contributed by atoms with van der Waals surface area (Å²) in [5.74, 6) is 0.442. The van der Waals surface area contributed by atoms with E-state index in [-0.39, 0.29) is 19.5 Å². The van der Waals surface area contributed by atoms with Gasteiger partial charge in [0.15, 0.2) is 0 Å². The first-order valence-corrected chi connectivity index (χ1v) is 7.08. The number of benzene rings is 1. The van der Waals surface area contributed by atoms with Crippen molar-refractivity contribution in [2.24, 2.45) is 0 Å². The second-order valence-electron chi connectivity index (χ2n) is 3.98. The third kappa shape index (κ3) is 2.58. The SMILES string of the molecule is O=P1(Oc2ccccc2)OCC2OCOCC2O1. The topological polar surface area (TPSA) is 63.2 Å². The van der Waals surface area contributed by atoms with E-state index in [1.54, 1.807) is 24.3 Å². The van der Waals surface area contributed by atoms with Crippen molar-refractivity contribution in [3.05, 3.63) is 30.3 Å². The monoisotopic (exact) mass is 272 g/mol. The molecular formula is C11H13O6P. The van der Waals surface area contributed by atoms with Gasteiger partial charge < -0.3 is 14.0 Å². The lowest BCUT2D eigenvalue weighted by molar-refractivity contribution is -0.211. The highest BCUT2D eigenvalue weighted by Crippen LogP contribution is 2.53. The predicted molar refractivity (Wildman–Crippen MR) is 61.2 cm³/mol. The number of phosphoric acid groups is 1. The van der Waals surface area contributed by atoms with Gasteiger partial charge in [-0.3, -0.25) is 9.05 Å². The summed E-state index contributed by atoms with van der Waals surface area (Å²) in [6, 6.07) is 8.77. The average molecular weight is 272 g/mol. The zero-order valence-corrected chi connectivity index (χ0v) is 10.5. The molecule has 3 unspecified atom stereocenters. The maximum Gasteiger partial charge on any atom is 0.530 e. The molecule has 0 N–H and O–H groups in total. The fraction of sp³-hybridized carbons (Fsp3) is 0.455. The summed E-state index contributed by atoms with van der Waals surface area (Å²) in [5, 5.41) is 0. The number of rotatable bonds is 2. The van der Waals surface area contributed by atoms with Crippen LogP contribution in [-0.2, 0) is 23.1 Å². The van der Waals surface area contributed by atoms with Crippen LogP contribution in [0.5, 0.6) is 5.75 Å². The van der Waals surface area contributed by atoms with Crippen LogP contribution in [0.1, 0.15) is 0 Å². The van der Waals surface area contributed by atoms with Gasteiger partial charge in [0.1, 0.15) is 24.8 Å². The Hall–Kier alpha value is -0.910. The van der Waals surface area contributed by atoms with E-state index in [0.717, 1.165) is 0 Å². The summed E-state index contributed by atoms with van der Waals surface area (Å²) in [4.78, 5) is 0. The highest BCUT2D eigenvalue weighted by atomic mass is 31.2. The minimum atomic E-state index is -3.58. The number of ether oxygens (including phenoxy) is 2. The van der Waals surface area contributed by atoms with Gasteiger partial charge in [-0.05, 0) is 12.1 Å². The van der Waals surface area contributed by atoms with Crippen LogP contribution < -0.4 is 4.52 Å². The van der Waals surface area contributed by atoms with Crippen molar-refractivity contribution in [3.8, 4) is 5.75 Å². The van der Waals surface area contributed by atoms with Crippen molar-refractivity contribution in [1.82, 2.24) is 0 Å². The molecule has 1 aromatic carbocycles. The van der Waals surface area contributed by atoms with E-state index >= 15 is 0 Å². The van der Waals surface area contributed by atoms with Crippen LogP contribution in [0.15, 0.2) is 30.3 Å². The smallest absolute Gasteiger partial charge is 0.404 e. The average Bonchev–Trinajstić information content (AvgIpc) is 2.39. The Bertz CT molecular complexity index is 450. The minimum absolute atomic E-state index is 0.179.